The Morgan fingerprint density at radius 2 is 1.35 bits per heavy atom. The van der Waals surface area contributed by atoms with Crippen LogP contribution in [0.5, 0.6) is 0 Å². The minimum absolute atomic E-state index is 0.863. The molecule has 0 aromatic rings. The summed E-state index contributed by atoms with van der Waals surface area (Å²) in [6.45, 7) is 22.6. The highest BCUT2D eigenvalue weighted by atomic mass is 14.0. The second-order valence-electron chi connectivity index (χ2n) is 5.59. The highest BCUT2D eigenvalue weighted by Gasteiger charge is 1.98. The van der Waals surface area contributed by atoms with E-state index >= 15 is 0 Å². The number of rotatable bonds is 11. The first-order chi connectivity index (χ1) is 11.2. The van der Waals surface area contributed by atoms with Crippen molar-refractivity contribution in [3.8, 4) is 0 Å². The van der Waals surface area contributed by atoms with Crippen molar-refractivity contribution in [2.75, 3.05) is 0 Å². The van der Waals surface area contributed by atoms with Crippen LogP contribution >= 0.6 is 0 Å². The fourth-order valence-electron chi connectivity index (χ4n) is 1.87. The van der Waals surface area contributed by atoms with E-state index in [0.717, 1.165) is 18.8 Å². The van der Waals surface area contributed by atoms with Crippen LogP contribution in [0.15, 0.2) is 38.0 Å². The minimum atomic E-state index is 0.863. The topological polar surface area (TPSA) is 0 Å². The van der Waals surface area contributed by atoms with Crippen molar-refractivity contribution in [2.24, 2.45) is 5.92 Å². The third-order valence-corrected chi connectivity index (χ3v) is 3.04. The van der Waals surface area contributed by atoms with Gasteiger partial charge in [-0.3, -0.25) is 0 Å². The molecule has 0 heterocycles. The maximum absolute atomic E-state index is 3.72. The molecule has 23 heavy (non-hydrogen) atoms. The molecular formula is C23H48. The molecule has 0 N–H and O–H groups in total. The van der Waals surface area contributed by atoms with Gasteiger partial charge in [-0.05, 0) is 25.2 Å². The van der Waals surface area contributed by atoms with Gasteiger partial charge in [-0.1, -0.05) is 105 Å². The first kappa shape index (κ1) is 30.1. The van der Waals surface area contributed by atoms with Gasteiger partial charge in [0.1, 0.15) is 0 Å². The van der Waals surface area contributed by atoms with E-state index in [2.05, 4.69) is 59.6 Å². The molecule has 1 atom stereocenters. The Kier molecular flexibility index (Phi) is 49.1. The molecule has 0 amide bonds. The number of allylic oxidation sites excluding steroid dienone is 3. The zero-order chi connectivity index (χ0) is 18.8. The van der Waals surface area contributed by atoms with Gasteiger partial charge in [-0.15, -0.1) is 19.7 Å². The maximum atomic E-state index is 3.72. The quantitative estimate of drug-likeness (QED) is 0.262. The molecule has 0 unspecified atom stereocenters. The molecular weight excluding hydrogens is 276 g/mol. The number of hydrogen-bond acceptors (Lipinski definition) is 0. The van der Waals surface area contributed by atoms with Crippen molar-refractivity contribution in [1.29, 1.82) is 0 Å². The molecule has 0 saturated carbocycles. The normalized spacial score (nSPS) is 10.3. The van der Waals surface area contributed by atoms with E-state index in [1.165, 1.54) is 51.4 Å². The largest absolute Gasteiger partial charge is 0.106 e. The lowest BCUT2D eigenvalue weighted by Gasteiger charge is -2.07. The smallest absolute Gasteiger partial charge is 0.0316 e. The molecule has 0 bridgehead atoms. The standard InChI is InChI=1S/C16H30.C3H8.C2H6.C2H4/c1-4-6-8-10-12-14-16(3)15-13-11-9-7-5-2;1-3-2;2*1-2/h4,10,12,16H,1,5-9,11,13-15H2,2-3H3;3H2,1-2H3;1-2H3;1-2H2/b12-10+;;;/t16-;;;/m0.../s1. The third kappa shape index (κ3) is 44.9. The molecule has 0 rings (SSSR count). The van der Waals surface area contributed by atoms with Gasteiger partial charge >= 0.3 is 0 Å². The highest BCUT2D eigenvalue weighted by Crippen LogP contribution is 2.14. The van der Waals surface area contributed by atoms with E-state index in [9.17, 15) is 0 Å². The average molecular weight is 325 g/mol. The molecule has 0 fully saturated rings. The predicted octanol–water partition coefficient (Wildman–Crippen LogP) is 9.14. The van der Waals surface area contributed by atoms with Crippen LogP contribution in [0.3, 0.4) is 0 Å². The van der Waals surface area contributed by atoms with Gasteiger partial charge in [0, 0.05) is 0 Å². The van der Waals surface area contributed by atoms with Gasteiger partial charge in [0.15, 0.2) is 0 Å². The molecule has 0 aromatic heterocycles. The van der Waals surface area contributed by atoms with E-state index in [0.29, 0.717) is 0 Å². The van der Waals surface area contributed by atoms with Crippen LogP contribution in [0.2, 0.25) is 0 Å². The second-order valence-corrected chi connectivity index (χ2v) is 5.59. The van der Waals surface area contributed by atoms with Crippen molar-refractivity contribution in [3.05, 3.63) is 38.0 Å². The van der Waals surface area contributed by atoms with Crippen LogP contribution in [0.25, 0.3) is 0 Å². The molecule has 0 aliphatic carbocycles. The van der Waals surface area contributed by atoms with Gasteiger partial charge in [-0.25, -0.2) is 0 Å². The molecule has 0 aliphatic rings. The summed E-state index contributed by atoms with van der Waals surface area (Å²) in [6, 6.07) is 0. The predicted molar refractivity (Wildman–Crippen MR) is 114 cm³/mol. The Bertz CT molecular complexity index is 190. The lowest BCUT2D eigenvalue weighted by Crippen LogP contribution is -1.92. The van der Waals surface area contributed by atoms with Gasteiger partial charge in [0.05, 0.1) is 0 Å². The molecule has 0 heteroatoms. The zero-order valence-electron chi connectivity index (χ0n) is 17.5. The lowest BCUT2D eigenvalue weighted by atomic mass is 9.99. The fraction of sp³-hybridized carbons (Fsp3) is 0.739. The van der Waals surface area contributed by atoms with Crippen LogP contribution < -0.4 is 0 Å². The van der Waals surface area contributed by atoms with E-state index < -0.39 is 0 Å². The maximum Gasteiger partial charge on any atom is -0.0316 e. The van der Waals surface area contributed by atoms with Crippen LogP contribution in [0, 0.1) is 5.92 Å². The summed E-state index contributed by atoms with van der Waals surface area (Å²) in [7, 11) is 0. The highest BCUT2D eigenvalue weighted by molar-refractivity contribution is 4.85. The van der Waals surface area contributed by atoms with Crippen molar-refractivity contribution >= 4 is 0 Å². The fourth-order valence-corrected chi connectivity index (χ4v) is 1.87. The number of hydrogen-bond donors (Lipinski definition) is 0. The molecule has 0 radical (unpaired) electrons. The van der Waals surface area contributed by atoms with Gasteiger partial charge in [0.2, 0.25) is 0 Å². The van der Waals surface area contributed by atoms with Crippen LogP contribution in [0.1, 0.15) is 106 Å². The van der Waals surface area contributed by atoms with Crippen molar-refractivity contribution in [3.63, 3.8) is 0 Å². The molecule has 0 nitrogen and oxygen atoms in total. The first-order valence-corrected chi connectivity index (χ1v) is 9.98. The van der Waals surface area contributed by atoms with Crippen molar-refractivity contribution < 1.29 is 0 Å². The molecule has 0 spiro atoms. The lowest BCUT2D eigenvalue weighted by molar-refractivity contribution is 0.489. The molecule has 0 saturated heterocycles. The van der Waals surface area contributed by atoms with E-state index in [4.69, 9.17) is 0 Å². The average Bonchev–Trinajstić information content (AvgIpc) is 2.59. The summed E-state index contributed by atoms with van der Waals surface area (Å²) in [5.74, 6) is 0.863. The van der Waals surface area contributed by atoms with Crippen LogP contribution in [-0.2, 0) is 0 Å². The summed E-state index contributed by atoms with van der Waals surface area (Å²) >= 11 is 0. The summed E-state index contributed by atoms with van der Waals surface area (Å²) in [4.78, 5) is 0. The Morgan fingerprint density at radius 1 is 0.826 bits per heavy atom. The van der Waals surface area contributed by atoms with Crippen LogP contribution in [-0.4, -0.2) is 0 Å². The van der Waals surface area contributed by atoms with Crippen molar-refractivity contribution in [1.82, 2.24) is 0 Å². The molecule has 0 aliphatic heterocycles. The summed E-state index contributed by atoms with van der Waals surface area (Å²) in [5, 5.41) is 0. The molecule has 140 valence electrons. The van der Waals surface area contributed by atoms with Gasteiger partial charge in [-0.2, -0.15) is 0 Å². The van der Waals surface area contributed by atoms with E-state index in [1.54, 1.807) is 0 Å². The Labute approximate surface area is 150 Å². The second kappa shape index (κ2) is 37.5. The van der Waals surface area contributed by atoms with Crippen molar-refractivity contribution in [2.45, 2.75) is 106 Å². The van der Waals surface area contributed by atoms with E-state index in [-0.39, 0.29) is 0 Å². The third-order valence-electron chi connectivity index (χ3n) is 3.04. The van der Waals surface area contributed by atoms with Gasteiger partial charge < -0.3 is 0 Å². The molecule has 0 aromatic carbocycles. The minimum Gasteiger partial charge on any atom is -0.106 e. The Morgan fingerprint density at radius 3 is 1.83 bits per heavy atom. The van der Waals surface area contributed by atoms with Gasteiger partial charge in [0.25, 0.3) is 0 Å². The Hall–Kier alpha value is -0.780. The number of unbranched alkanes of at least 4 members (excludes halogenated alkanes) is 5. The summed E-state index contributed by atoms with van der Waals surface area (Å²) < 4.78 is 0. The van der Waals surface area contributed by atoms with Crippen LogP contribution in [0.4, 0.5) is 0 Å². The summed E-state index contributed by atoms with van der Waals surface area (Å²) in [5.41, 5.74) is 0. The SMILES string of the molecule is C=C.C=CCC/C=C/C[C@H](C)CCCCCCC.CC.CCC. The Balaban J connectivity index is -0.000000222. The first-order valence-electron chi connectivity index (χ1n) is 9.98. The monoisotopic (exact) mass is 324 g/mol. The van der Waals surface area contributed by atoms with E-state index in [1.807, 2.05) is 19.9 Å². The summed E-state index contributed by atoms with van der Waals surface area (Å²) in [6.07, 6.45) is 19.8. The zero-order valence-corrected chi connectivity index (χ0v) is 17.5.